The molecule has 1 N–H and O–H groups in total. The van der Waals surface area contributed by atoms with E-state index in [1.807, 2.05) is 31.2 Å². The Labute approximate surface area is 155 Å². The second kappa shape index (κ2) is 9.75. The molecule has 1 amide bonds. The number of carbonyl (C=O) groups is 1. The van der Waals surface area contributed by atoms with Crippen molar-refractivity contribution in [2.75, 3.05) is 25.1 Å². The maximum Gasteiger partial charge on any atom is 0.270 e. The molecule has 26 heavy (non-hydrogen) atoms. The number of anilines is 1. The molecule has 0 unspecified atom stereocenters. The molecule has 0 aliphatic carbocycles. The van der Waals surface area contributed by atoms with E-state index < -0.39 is 0 Å². The Bertz CT molecular complexity index is 710. The lowest BCUT2D eigenvalue weighted by molar-refractivity contribution is 0.0945. The van der Waals surface area contributed by atoms with E-state index in [0.29, 0.717) is 18.2 Å². The number of aromatic nitrogens is 2. The smallest absolute Gasteiger partial charge is 0.270 e. The summed E-state index contributed by atoms with van der Waals surface area (Å²) in [4.78, 5) is 23.7. The highest BCUT2D eigenvalue weighted by atomic mass is 16.5. The molecule has 0 saturated heterocycles. The molecule has 2 aromatic rings. The average Bonchev–Trinajstić information content (AvgIpc) is 2.65. The van der Waals surface area contributed by atoms with Gasteiger partial charge in [0.15, 0.2) is 0 Å². The van der Waals surface area contributed by atoms with E-state index >= 15 is 0 Å². The van der Waals surface area contributed by atoms with Gasteiger partial charge in [-0.1, -0.05) is 26.0 Å². The van der Waals surface area contributed by atoms with Crippen molar-refractivity contribution in [2.45, 2.75) is 40.2 Å². The van der Waals surface area contributed by atoms with Crippen LogP contribution in [0.3, 0.4) is 0 Å². The van der Waals surface area contributed by atoms with Gasteiger partial charge in [-0.05, 0) is 43.5 Å². The van der Waals surface area contributed by atoms with Gasteiger partial charge in [0, 0.05) is 25.3 Å². The molecule has 2 rings (SSSR count). The van der Waals surface area contributed by atoms with Gasteiger partial charge in [-0.3, -0.25) is 4.79 Å². The Morgan fingerprint density at radius 1 is 1.12 bits per heavy atom. The van der Waals surface area contributed by atoms with E-state index in [4.69, 9.17) is 4.74 Å². The first-order valence-electron chi connectivity index (χ1n) is 9.09. The molecular formula is C20H28N4O2. The van der Waals surface area contributed by atoms with Crippen molar-refractivity contribution in [3.05, 3.63) is 47.3 Å². The van der Waals surface area contributed by atoms with Gasteiger partial charge in [-0.25, -0.2) is 9.97 Å². The van der Waals surface area contributed by atoms with Crippen LogP contribution in [0.1, 0.15) is 48.4 Å². The molecule has 0 fully saturated rings. The summed E-state index contributed by atoms with van der Waals surface area (Å²) in [6.07, 6.45) is 2.02. The summed E-state index contributed by atoms with van der Waals surface area (Å²) in [5.41, 5.74) is 2.20. The fraction of sp³-hybridized carbons (Fsp3) is 0.450. The molecule has 140 valence electrons. The molecule has 1 aromatic heterocycles. The monoisotopic (exact) mass is 356 g/mol. The standard InChI is InChI=1S/C20H28N4O2/c1-5-11-24(12-6-2)20-22-15(3)13-18(23-20)19(25)21-14-16-7-9-17(26-4)10-8-16/h7-10,13H,5-6,11-12,14H2,1-4H3,(H,21,25). The van der Waals surface area contributed by atoms with Gasteiger partial charge in [-0.2, -0.15) is 0 Å². The third-order valence-corrected chi connectivity index (χ3v) is 3.96. The van der Waals surface area contributed by atoms with Crippen LogP contribution in [-0.4, -0.2) is 36.1 Å². The lowest BCUT2D eigenvalue weighted by atomic mass is 10.2. The Kier molecular flexibility index (Phi) is 7.38. The zero-order chi connectivity index (χ0) is 18.9. The summed E-state index contributed by atoms with van der Waals surface area (Å²) < 4.78 is 5.14. The lowest BCUT2D eigenvalue weighted by Gasteiger charge is -2.22. The summed E-state index contributed by atoms with van der Waals surface area (Å²) in [6, 6.07) is 9.34. The first-order chi connectivity index (χ1) is 12.6. The normalized spacial score (nSPS) is 10.5. The van der Waals surface area contributed by atoms with Gasteiger partial charge >= 0.3 is 0 Å². The number of hydrogen-bond donors (Lipinski definition) is 1. The van der Waals surface area contributed by atoms with Crippen LogP contribution in [0.5, 0.6) is 5.75 Å². The Morgan fingerprint density at radius 3 is 2.35 bits per heavy atom. The van der Waals surface area contributed by atoms with Crippen LogP contribution in [0, 0.1) is 6.92 Å². The van der Waals surface area contributed by atoms with Crippen LogP contribution < -0.4 is 15.0 Å². The third kappa shape index (κ3) is 5.44. The zero-order valence-corrected chi connectivity index (χ0v) is 16.1. The summed E-state index contributed by atoms with van der Waals surface area (Å²) in [6.45, 7) is 8.34. The molecule has 0 bridgehead atoms. The largest absolute Gasteiger partial charge is 0.497 e. The molecule has 0 radical (unpaired) electrons. The minimum Gasteiger partial charge on any atom is -0.497 e. The topological polar surface area (TPSA) is 67.4 Å². The number of ether oxygens (including phenoxy) is 1. The Hall–Kier alpha value is -2.63. The number of methoxy groups -OCH3 is 1. The van der Waals surface area contributed by atoms with Crippen molar-refractivity contribution in [3.63, 3.8) is 0 Å². The van der Waals surface area contributed by atoms with Crippen molar-refractivity contribution in [3.8, 4) is 5.75 Å². The van der Waals surface area contributed by atoms with E-state index in [1.54, 1.807) is 13.2 Å². The van der Waals surface area contributed by atoms with E-state index in [0.717, 1.165) is 42.9 Å². The van der Waals surface area contributed by atoms with E-state index in [1.165, 1.54) is 0 Å². The second-order valence-electron chi connectivity index (χ2n) is 6.21. The predicted molar refractivity (Wildman–Crippen MR) is 104 cm³/mol. The molecule has 0 aliphatic rings. The highest BCUT2D eigenvalue weighted by Crippen LogP contribution is 2.13. The van der Waals surface area contributed by atoms with Crippen molar-refractivity contribution in [1.82, 2.24) is 15.3 Å². The van der Waals surface area contributed by atoms with Crippen molar-refractivity contribution >= 4 is 11.9 Å². The minimum absolute atomic E-state index is 0.194. The van der Waals surface area contributed by atoms with Crippen LogP contribution in [-0.2, 0) is 6.54 Å². The van der Waals surface area contributed by atoms with Gasteiger partial charge in [0.05, 0.1) is 7.11 Å². The van der Waals surface area contributed by atoms with Crippen molar-refractivity contribution < 1.29 is 9.53 Å². The van der Waals surface area contributed by atoms with Crippen molar-refractivity contribution in [2.24, 2.45) is 0 Å². The lowest BCUT2D eigenvalue weighted by Crippen LogP contribution is -2.29. The van der Waals surface area contributed by atoms with Gasteiger partial charge in [0.25, 0.3) is 5.91 Å². The van der Waals surface area contributed by atoms with Crippen LogP contribution in [0.4, 0.5) is 5.95 Å². The maximum atomic E-state index is 12.5. The van der Waals surface area contributed by atoms with E-state index in [9.17, 15) is 4.79 Å². The van der Waals surface area contributed by atoms with Gasteiger partial charge < -0.3 is 15.0 Å². The number of nitrogens with zero attached hydrogens (tertiary/aromatic N) is 3. The Morgan fingerprint density at radius 2 is 1.77 bits per heavy atom. The number of aryl methyl sites for hydroxylation is 1. The molecule has 0 saturated carbocycles. The van der Waals surface area contributed by atoms with E-state index in [2.05, 4.69) is 34.0 Å². The molecule has 0 atom stereocenters. The third-order valence-electron chi connectivity index (χ3n) is 3.96. The number of rotatable bonds is 9. The highest BCUT2D eigenvalue weighted by Gasteiger charge is 2.14. The van der Waals surface area contributed by atoms with Gasteiger partial charge in [0.1, 0.15) is 11.4 Å². The first kappa shape index (κ1) is 19.7. The highest BCUT2D eigenvalue weighted by molar-refractivity contribution is 5.92. The average molecular weight is 356 g/mol. The molecule has 0 spiro atoms. The number of benzene rings is 1. The number of amides is 1. The minimum atomic E-state index is -0.194. The fourth-order valence-electron chi connectivity index (χ4n) is 2.68. The van der Waals surface area contributed by atoms with Gasteiger partial charge in [0.2, 0.25) is 5.95 Å². The number of carbonyl (C=O) groups excluding carboxylic acids is 1. The molecule has 0 aliphatic heterocycles. The quantitative estimate of drug-likeness (QED) is 0.746. The van der Waals surface area contributed by atoms with Crippen LogP contribution in [0.15, 0.2) is 30.3 Å². The Balaban J connectivity index is 2.09. The van der Waals surface area contributed by atoms with Crippen LogP contribution >= 0.6 is 0 Å². The fourth-order valence-corrected chi connectivity index (χ4v) is 2.68. The van der Waals surface area contributed by atoms with Crippen LogP contribution in [0.25, 0.3) is 0 Å². The zero-order valence-electron chi connectivity index (χ0n) is 16.1. The van der Waals surface area contributed by atoms with Crippen LogP contribution in [0.2, 0.25) is 0 Å². The van der Waals surface area contributed by atoms with Crippen molar-refractivity contribution in [1.29, 1.82) is 0 Å². The first-order valence-corrected chi connectivity index (χ1v) is 9.09. The summed E-state index contributed by atoms with van der Waals surface area (Å²) >= 11 is 0. The predicted octanol–water partition coefficient (Wildman–Crippen LogP) is 3.35. The SMILES string of the molecule is CCCN(CCC)c1nc(C)cc(C(=O)NCc2ccc(OC)cc2)n1. The molecular weight excluding hydrogens is 328 g/mol. The molecule has 1 heterocycles. The van der Waals surface area contributed by atoms with E-state index in [-0.39, 0.29) is 5.91 Å². The molecule has 6 nitrogen and oxygen atoms in total. The maximum absolute atomic E-state index is 12.5. The second-order valence-corrected chi connectivity index (χ2v) is 6.21. The summed E-state index contributed by atoms with van der Waals surface area (Å²) in [5.74, 6) is 1.23. The summed E-state index contributed by atoms with van der Waals surface area (Å²) in [7, 11) is 1.63. The number of nitrogens with one attached hydrogen (secondary N) is 1. The summed E-state index contributed by atoms with van der Waals surface area (Å²) in [5, 5.41) is 2.92. The molecule has 1 aromatic carbocycles. The molecule has 6 heteroatoms. The number of hydrogen-bond acceptors (Lipinski definition) is 5. The van der Waals surface area contributed by atoms with Gasteiger partial charge in [-0.15, -0.1) is 0 Å².